The lowest BCUT2D eigenvalue weighted by atomic mass is 10.2. The highest BCUT2D eigenvalue weighted by Gasteiger charge is 2.15. The van der Waals surface area contributed by atoms with Crippen LogP contribution < -0.4 is 16.7 Å². The first-order valence-corrected chi connectivity index (χ1v) is 8.63. The van der Waals surface area contributed by atoms with Crippen LogP contribution >= 0.6 is 15.9 Å². The molecule has 0 saturated heterocycles. The minimum absolute atomic E-state index is 0.0161. The number of rotatable bonds is 4. The summed E-state index contributed by atoms with van der Waals surface area (Å²) in [6.45, 7) is 0. The molecule has 28 heavy (non-hydrogen) atoms. The van der Waals surface area contributed by atoms with Crippen LogP contribution in [0.1, 0.15) is 15.9 Å². The van der Waals surface area contributed by atoms with E-state index in [1.54, 1.807) is 36.4 Å². The standard InChI is InChI=1S/C18H13BrN4O5/c19-10-5-7-11(8-6-10)23-17(27)13(15(25)21-18(23)28)9-20-22-16(26)12-3-1-2-4-14(12)24/h1-9,24,27H,(H,22,26)(H,21,25,28)/b20-9+. The van der Waals surface area contributed by atoms with Crippen molar-refractivity contribution in [1.82, 2.24) is 15.0 Å². The van der Waals surface area contributed by atoms with Crippen LogP contribution in [0.4, 0.5) is 0 Å². The number of hydrogen-bond acceptors (Lipinski definition) is 6. The molecule has 3 rings (SSSR count). The molecule has 0 fully saturated rings. The Hall–Kier alpha value is -3.66. The van der Waals surface area contributed by atoms with E-state index in [1.807, 2.05) is 0 Å². The van der Waals surface area contributed by atoms with Crippen molar-refractivity contribution < 1.29 is 15.0 Å². The Labute approximate surface area is 165 Å². The molecule has 142 valence electrons. The van der Waals surface area contributed by atoms with E-state index in [-0.39, 0.29) is 16.9 Å². The van der Waals surface area contributed by atoms with E-state index < -0.39 is 23.0 Å². The highest BCUT2D eigenvalue weighted by atomic mass is 79.9. The third-order valence-electron chi connectivity index (χ3n) is 3.71. The maximum absolute atomic E-state index is 12.1. The highest BCUT2D eigenvalue weighted by molar-refractivity contribution is 9.10. The number of benzene rings is 2. The lowest BCUT2D eigenvalue weighted by molar-refractivity contribution is 0.0952. The van der Waals surface area contributed by atoms with Crippen LogP contribution in [-0.4, -0.2) is 31.9 Å². The van der Waals surface area contributed by atoms with Gasteiger partial charge < -0.3 is 10.2 Å². The first-order chi connectivity index (χ1) is 13.4. The van der Waals surface area contributed by atoms with Gasteiger partial charge in [-0.25, -0.2) is 14.8 Å². The molecule has 1 heterocycles. The van der Waals surface area contributed by atoms with Crippen LogP contribution in [0.3, 0.4) is 0 Å². The van der Waals surface area contributed by atoms with Crippen molar-refractivity contribution in [1.29, 1.82) is 0 Å². The fourth-order valence-electron chi connectivity index (χ4n) is 2.37. The third-order valence-corrected chi connectivity index (χ3v) is 4.24. The number of halogens is 1. The molecule has 2 aromatic carbocycles. The fourth-order valence-corrected chi connectivity index (χ4v) is 2.63. The van der Waals surface area contributed by atoms with Crippen LogP contribution in [-0.2, 0) is 0 Å². The summed E-state index contributed by atoms with van der Waals surface area (Å²) in [5.41, 5.74) is 0.391. The second kappa shape index (κ2) is 7.92. The third kappa shape index (κ3) is 3.86. The predicted molar refractivity (Wildman–Crippen MR) is 105 cm³/mol. The van der Waals surface area contributed by atoms with Crippen LogP contribution in [0, 0.1) is 0 Å². The minimum Gasteiger partial charge on any atom is -0.507 e. The van der Waals surface area contributed by atoms with Gasteiger partial charge in [0.15, 0.2) is 0 Å². The number of H-pyrrole nitrogens is 1. The number of aromatic nitrogens is 2. The molecule has 9 nitrogen and oxygen atoms in total. The number of aromatic amines is 1. The number of amides is 1. The van der Waals surface area contributed by atoms with E-state index in [1.165, 1.54) is 12.1 Å². The van der Waals surface area contributed by atoms with Crippen molar-refractivity contribution in [2.24, 2.45) is 5.10 Å². The normalized spacial score (nSPS) is 10.9. The number of hydrazone groups is 1. The SMILES string of the molecule is O=C(N/N=C/c1c(O)n(-c2ccc(Br)cc2)c(=O)[nH]c1=O)c1ccccc1O. The van der Waals surface area contributed by atoms with Crippen LogP contribution in [0.15, 0.2) is 67.7 Å². The summed E-state index contributed by atoms with van der Waals surface area (Å²) in [7, 11) is 0. The lowest BCUT2D eigenvalue weighted by Gasteiger charge is -2.09. The predicted octanol–water partition coefficient (Wildman–Crippen LogP) is 1.46. The average Bonchev–Trinajstić information content (AvgIpc) is 2.66. The van der Waals surface area contributed by atoms with E-state index in [4.69, 9.17) is 0 Å². The van der Waals surface area contributed by atoms with Gasteiger partial charge in [-0.15, -0.1) is 0 Å². The molecule has 1 aromatic heterocycles. The summed E-state index contributed by atoms with van der Waals surface area (Å²) in [4.78, 5) is 38.2. The van der Waals surface area contributed by atoms with Gasteiger partial charge in [-0.05, 0) is 36.4 Å². The number of para-hydroxylation sites is 1. The van der Waals surface area contributed by atoms with Gasteiger partial charge in [-0.2, -0.15) is 5.10 Å². The Morgan fingerprint density at radius 3 is 2.46 bits per heavy atom. The molecule has 0 atom stereocenters. The lowest BCUT2D eigenvalue weighted by Crippen LogP contribution is -2.31. The summed E-state index contributed by atoms with van der Waals surface area (Å²) in [5.74, 6) is -1.59. The van der Waals surface area contributed by atoms with E-state index in [2.05, 4.69) is 31.4 Å². The van der Waals surface area contributed by atoms with Gasteiger partial charge >= 0.3 is 5.69 Å². The fraction of sp³-hybridized carbons (Fsp3) is 0. The molecule has 0 bridgehead atoms. The minimum atomic E-state index is -0.878. The first-order valence-electron chi connectivity index (χ1n) is 7.84. The van der Waals surface area contributed by atoms with Gasteiger partial charge in [-0.1, -0.05) is 28.1 Å². The summed E-state index contributed by atoms with van der Waals surface area (Å²) >= 11 is 3.27. The quantitative estimate of drug-likeness (QED) is 0.356. The molecular formula is C18H13BrN4O5. The molecule has 0 unspecified atom stereocenters. The topological polar surface area (TPSA) is 137 Å². The molecule has 3 aromatic rings. The summed E-state index contributed by atoms with van der Waals surface area (Å²) < 4.78 is 1.65. The molecule has 0 saturated carbocycles. The molecule has 0 aliphatic carbocycles. The van der Waals surface area contributed by atoms with Crippen LogP contribution in [0.5, 0.6) is 11.6 Å². The van der Waals surface area contributed by atoms with Crippen molar-refractivity contribution in [3.63, 3.8) is 0 Å². The Bertz CT molecular complexity index is 1180. The molecule has 0 aliphatic heterocycles. The van der Waals surface area contributed by atoms with Crippen LogP contribution in [0.25, 0.3) is 5.69 Å². The van der Waals surface area contributed by atoms with Crippen molar-refractivity contribution >= 4 is 28.1 Å². The second-order valence-electron chi connectivity index (χ2n) is 5.52. The Kier molecular flexibility index (Phi) is 5.41. The maximum atomic E-state index is 12.1. The van der Waals surface area contributed by atoms with Gasteiger partial charge in [0.25, 0.3) is 11.5 Å². The second-order valence-corrected chi connectivity index (χ2v) is 6.44. The maximum Gasteiger partial charge on any atom is 0.335 e. The van der Waals surface area contributed by atoms with Gasteiger partial charge in [0.1, 0.15) is 11.3 Å². The van der Waals surface area contributed by atoms with Gasteiger partial charge in [0.05, 0.1) is 17.5 Å². The van der Waals surface area contributed by atoms with E-state index in [0.29, 0.717) is 5.69 Å². The Balaban J connectivity index is 1.93. The molecule has 4 N–H and O–H groups in total. The molecule has 0 aliphatic rings. The highest BCUT2D eigenvalue weighted by Crippen LogP contribution is 2.18. The number of nitrogens with zero attached hydrogens (tertiary/aromatic N) is 2. The van der Waals surface area contributed by atoms with Crippen molar-refractivity contribution in [3.05, 3.63) is 85.0 Å². The van der Waals surface area contributed by atoms with Gasteiger partial charge in [0, 0.05) is 4.47 Å². The monoisotopic (exact) mass is 444 g/mol. The molecule has 1 amide bonds. The number of phenols is 1. The zero-order valence-corrected chi connectivity index (χ0v) is 15.7. The van der Waals surface area contributed by atoms with E-state index >= 15 is 0 Å². The molecule has 0 spiro atoms. The van der Waals surface area contributed by atoms with Gasteiger partial charge in [0.2, 0.25) is 5.88 Å². The Morgan fingerprint density at radius 2 is 1.79 bits per heavy atom. The van der Waals surface area contributed by atoms with Gasteiger partial charge in [-0.3, -0.25) is 14.6 Å². The zero-order valence-electron chi connectivity index (χ0n) is 14.1. The largest absolute Gasteiger partial charge is 0.507 e. The van der Waals surface area contributed by atoms with Crippen molar-refractivity contribution in [2.75, 3.05) is 0 Å². The van der Waals surface area contributed by atoms with Crippen molar-refractivity contribution in [3.8, 4) is 17.3 Å². The number of aromatic hydroxyl groups is 2. The molecule has 0 radical (unpaired) electrons. The molecule has 10 heteroatoms. The number of carbonyl (C=O) groups excluding carboxylic acids is 1. The number of phenolic OH excluding ortho intramolecular Hbond substituents is 1. The van der Waals surface area contributed by atoms with E-state index in [0.717, 1.165) is 15.3 Å². The number of nitrogens with one attached hydrogen (secondary N) is 2. The zero-order chi connectivity index (χ0) is 20.3. The number of carbonyl (C=O) groups is 1. The van der Waals surface area contributed by atoms with Crippen molar-refractivity contribution in [2.45, 2.75) is 0 Å². The summed E-state index contributed by atoms with van der Waals surface area (Å²) in [5, 5.41) is 23.7. The average molecular weight is 445 g/mol. The molecular weight excluding hydrogens is 432 g/mol. The van der Waals surface area contributed by atoms with E-state index in [9.17, 15) is 24.6 Å². The summed E-state index contributed by atoms with van der Waals surface area (Å²) in [6, 6.07) is 12.3. The smallest absolute Gasteiger partial charge is 0.335 e. The van der Waals surface area contributed by atoms with Crippen LogP contribution in [0.2, 0.25) is 0 Å². The Morgan fingerprint density at radius 1 is 1.11 bits per heavy atom. The summed E-state index contributed by atoms with van der Waals surface area (Å²) in [6.07, 6.45) is 0.904. The number of hydrogen-bond donors (Lipinski definition) is 4. The first kappa shape index (κ1) is 19.1.